The minimum atomic E-state index is -0.667. The van der Waals surface area contributed by atoms with Crippen molar-refractivity contribution in [2.45, 2.75) is 58.6 Å². The predicted molar refractivity (Wildman–Crippen MR) is 75.4 cm³/mol. The number of carbonyl (C=O) groups excluding carboxylic acids is 1. The monoisotopic (exact) mass is 264 g/mol. The zero-order valence-corrected chi connectivity index (χ0v) is 12.3. The molecule has 1 aromatic heterocycles. The fourth-order valence-electron chi connectivity index (χ4n) is 2.90. The molecule has 1 aliphatic carbocycles. The molecule has 0 atom stereocenters. The number of nitrogens with zero attached hydrogens (tertiary/aromatic N) is 1. The van der Waals surface area contributed by atoms with Crippen LogP contribution in [0.2, 0.25) is 0 Å². The van der Waals surface area contributed by atoms with Crippen LogP contribution in [0.1, 0.15) is 60.9 Å². The number of hydrogen-bond donors (Lipinski definition) is 2. The molecule has 0 aliphatic heterocycles. The van der Waals surface area contributed by atoms with Gasteiger partial charge in [0.1, 0.15) is 0 Å². The second kappa shape index (κ2) is 5.00. The van der Waals surface area contributed by atoms with Crippen molar-refractivity contribution in [1.29, 1.82) is 0 Å². The molecule has 1 heterocycles. The van der Waals surface area contributed by atoms with E-state index < -0.39 is 5.60 Å². The van der Waals surface area contributed by atoms with Gasteiger partial charge >= 0.3 is 0 Å². The first kappa shape index (κ1) is 14.1. The van der Waals surface area contributed by atoms with Gasteiger partial charge in [-0.2, -0.15) is 0 Å². The van der Waals surface area contributed by atoms with Gasteiger partial charge in [-0.3, -0.25) is 4.79 Å². The molecule has 0 aromatic carbocycles. The van der Waals surface area contributed by atoms with Gasteiger partial charge in [0, 0.05) is 24.0 Å². The molecule has 1 aliphatic rings. The lowest BCUT2D eigenvalue weighted by Crippen LogP contribution is -2.47. The molecule has 1 fully saturated rings. The second-order valence-electron chi connectivity index (χ2n) is 6.01. The summed E-state index contributed by atoms with van der Waals surface area (Å²) in [6.07, 6.45) is 2.63. The van der Waals surface area contributed by atoms with Gasteiger partial charge in [-0.1, -0.05) is 0 Å². The summed E-state index contributed by atoms with van der Waals surface area (Å²) in [7, 11) is 0. The lowest BCUT2D eigenvalue weighted by Gasteiger charge is -2.36. The van der Waals surface area contributed by atoms with Crippen LogP contribution >= 0.6 is 0 Å². The fourth-order valence-corrected chi connectivity index (χ4v) is 2.90. The highest BCUT2D eigenvalue weighted by Gasteiger charge is 2.34. The van der Waals surface area contributed by atoms with E-state index in [9.17, 15) is 9.90 Å². The molecule has 1 aromatic rings. The zero-order chi connectivity index (χ0) is 14.2. The SMILES string of the molecule is Cc1cc(C(=O)NCC2(O)CCC2)c(C)n1C(C)C. The van der Waals surface area contributed by atoms with E-state index in [0.29, 0.717) is 18.2 Å². The lowest BCUT2D eigenvalue weighted by molar-refractivity contribution is -0.0300. The molecule has 2 N–H and O–H groups in total. The molecule has 106 valence electrons. The van der Waals surface area contributed by atoms with Crippen molar-refractivity contribution >= 4 is 5.91 Å². The van der Waals surface area contributed by atoms with E-state index in [-0.39, 0.29) is 5.91 Å². The van der Waals surface area contributed by atoms with E-state index in [2.05, 4.69) is 23.7 Å². The Labute approximate surface area is 114 Å². The minimum Gasteiger partial charge on any atom is -0.388 e. The van der Waals surface area contributed by atoms with E-state index in [0.717, 1.165) is 30.7 Å². The van der Waals surface area contributed by atoms with Crippen molar-refractivity contribution in [3.8, 4) is 0 Å². The number of aryl methyl sites for hydroxylation is 1. The van der Waals surface area contributed by atoms with Gasteiger partial charge in [0.15, 0.2) is 0 Å². The molecule has 0 saturated heterocycles. The largest absolute Gasteiger partial charge is 0.388 e. The number of aliphatic hydroxyl groups is 1. The third-order valence-electron chi connectivity index (χ3n) is 4.11. The standard InChI is InChI=1S/C15H24N2O2/c1-10(2)17-11(3)8-13(12(17)4)14(18)16-9-15(19)6-5-7-15/h8,10,19H,5-7,9H2,1-4H3,(H,16,18). The molecule has 1 saturated carbocycles. The van der Waals surface area contributed by atoms with Crippen LogP contribution in [0.4, 0.5) is 0 Å². The van der Waals surface area contributed by atoms with Crippen molar-refractivity contribution < 1.29 is 9.90 Å². The van der Waals surface area contributed by atoms with Crippen LogP contribution in [0.3, 0.4) is 0 Å². The van der Waals surface area contributed by atoms with Crippen molar-refractivity contribution in [2.24, 2.45) is 0 Å². The summed E-state index contributed by atoms with van der Waals surface area (Å²) < 4.78 is 2.16. The summed E-state index contributed by atoms with van der Waals surface area (Å²) in [6.45, 7) is 8.57. The predicted octanol–water partition coefficient (Wildman–Crippen LogP) is 2.33. The van der Waals surface area contributed by atoms with Crippen LogP contribution < -0.4 is 5.32 Å². The highest BCUT2D eigenvalue weighted by Crippen LogP contribution is 2.30. The molecule has 0 unspecified atom stereocenters. The molecule has 4 nitrogen and oxygen atoms in total. The maximum atomic E-state index is 12.2. The van der Waals surface area contributed by atoms with Crippen LogP contribution in [-0.4, -0.2) is 27.7 Å². The Kier molecular flexibility index (Phi) is 3.72. The Morgan fingerprint density at radius 2 is 2.11 bits per heavy atom. The van der Waals surface area contributed by atoms with E-state index in [1.165, 1.54) is 0 Å². The summed E-state index contributed by atoms with van der Waals surface area (Å²) in [5.41, 5.74) is 2.14. The normalized spacial score (nSPS) is 17.4. The van der Waals surface area contributed by atoms with Crippen molar-refractivity contribution in [3.05, 3.63) is 23.0 Å². The van der Waals surface area contributed by atoms with E-state index in [1.54, 1.807) is 0 Å². The van der Waals surface area contributed by atoms with Gasteiger partial charge in [0.05, 0.1) is 11.2 Å². The van der Waals surface area contributed by atoms with Gasteiger partial charge in [-0.25, -0.2) is 0 Å². The summed E-state index contributed by atoms with van der Waals surface area (Å²) >= 11 is 0. The minimum absolute atomic E-state index is 0.0830. The lowest BCUT2D eigenvalue weighted by atomic mass is 9.80. The molecule has 2 rings (SSSR count). The number of rotatable bonds is 4. The number of amides is 1. The Morgan fingerprint density at radius 1 is 1.47 bits per heavy atom. The van der Waals surface area contributed by atoms with Crippen molar-refractivity contribution in [2.75, 3.05) is 6.54 Å². The third-order valence-corrected chi connectivity index (χ3v) is 4.11. The smallest absolute Gasteiger partial charge is 0.253 e. The Balaban J connectivity index is 2.09. The average molecular weight is 264 g/mol. The molecule has 0 radical (unpaired) electrons. The third kappa shape index (κ3) is 2.68. The number of nitrogens with one attached hydrogen (secondary N) is 1. The van der Waals surface area contributed by atoms with Gasteiger partial charge in [-0.05, 0) is 53.0 Å². The first-order chi connectivity index (χ1) is 8.84. The summed E-state index contributed by atoms with van der Waals surface area (Å²) in [6, 6.07) is 2.27. The molecular formula is C15H24N2O2. The van der Waals surface area contributed by atoms with Crippen LogP contribution in [0.5, 0.6) is 0 Å². The zero-order valence-electron chi connectivity index (χ0n) is 12.3. The summed E-state index contributed by atoms with van der Waals surface area (Å²) in [5, 5.41) is 12.9. The van der Waals surface area contributed by atoms with E-state index >= 15 is 0 Å². The van der Waals surface area contributed by atoms with Gasteiger partial charge < -0.3 is 15.0 Å². The molecule has 4 heteroatoms. The van der Waals surface area contributed by atoms with Crippen LogP contribution in [0.15, 0.2) is 6.07 Å². The Morgan fingerprint density at radius 3 is 2.53 bits per heavy atom. The number of aromatic nitrogens is 1. The first-order valence-corrected chi connectivity index (χ1v) is 7.03. The second-order valence-corrected chi connectivity index (χ2v) is 6.01. The quantitative estimate of drug-likeness (QED) is 0.877. The summed E-state index contributed by atoms with van der Waals surface area (Å²) in [4.78, 5) is 12.2. The molecule has 0 bridgehead atoms. The van der Waals surface area contributed by atoms with E-state index in [4.69, 9.17) is 0 Å². The highest BCUT2D eigenvalue weighted by molar-refractivity contribution is 5.95. The molecule has 19 heavy (non-hydrogen) atoms. The number of hydrogen-bond acceptors (Lipinski definition) is 2. The van der Waals surface area contributed by atoms with Gasteiger partial charge in [0.25, 0.3) is 5.91 Å². The Bertz CT molecular complexity index is 485. The number of carbonyl (C=O) groups is 1. The topological polar surface area (TPSA) is 54.3 Å². The fraction of sp³-hybridized carbons (Fsp3) is 0.667. The molecular weight excluding hydrogens is 240 g/mol. The van der Waals surface area contributed by atoms with Gasteiger partial charge in [0.2, 0.25) is 0 Å². The molecule has 1 amide bonds. The van der Waals surface area contributed by atoms with Crippen LogP contribution in [0, 0.1) is 13.8 Å². The van der Waals surface area contributed by atoms with Gasteiger partial charge in [-0.15, -0.1) is 0 Å². The van der Waals surface area contributed by atoms with Crippen LogP contribution in [0.25, 0.3) is 0 Å². The molecule has 0 spiro atoms. The highest BCUT2D eigenvalue weighted by atomic mass is 16.3. The Hall–Kier alpha value is -1.29. The van der Waals surface area contributed by atoms with E-state index in [1.807, 2.05) is 19.9 Å². The van der Waals surface area contributed by atoms with Crippen molar-refractivity contribution in [1.82, 2.24) is 9.88 Å². The van der Waals surface area contributed by atoms with Crippen LogP contribution in [-0.2, 0) is 0 Å². The average Bonchev–Trinajstić information content (AvgIpc) is 2.59. The summed E-state index contributed by atoms with van der Waals surface area (Å²) in [5.74, 6) is -0.0830. The van der Waals surface area contributed by atoms with Crippen molar-refractivity contribution in [3.63, 3.8) is 0 Å². The maximum Gasteiger partial charge on any atom is 0.253 e. The first-order valence-electron chi connectivity index (χ1n) is 7.03. The maximum absolute atomic E-state index is 12.2.